The van der Waals surface area contributed by atoms with Crippen LogP contribution in [-0.4, -0.2) is 69.3 Å². The van der Waals surface area contributed by atoms with Crippen LogP contribution in [0.4, 0.5) is 5.95 Å². The van der Waals surface area contributed by atoms with Crippen molar-refractivity contribution in [2.24, 2.45) is 0 Å². The molecule has 1 saturated heterocycles. The van der Waals surface area contributed by atoms with E-state index in [2.05, 4.69) is 55.2 Å². The Morgan fingerprint density at radius 1 is 0.667 bits per heavy atom. The summed E-state index contributed by atoms with van der Waals surface area (Å²) in [5.74, 6) is 2.02. The van der Waals surface area contributed by atoms with Gasteiger partial charge in [-0.2, -0.15) is 9.97 Å². The number of anilines is 1. The van der Waals surface area contributed by atoms with Gasteiger partial charge in [0.15, 0.2) is 0 Å². The zero-order valence-corrected chi connectivity index (χ0v) is 35.8. The molecule has 0 aromatic carbocycles. The highest BCUT2D eigenvalue weighted by atomic mass is 35.5. The van der Waals surface area contributed by atoms with E-state index < -0.39 is 0 Å². The van der Waals surface area contributed by atoms with Crippen molar-refractivity contribution in [3.05, 3.63) is 62.8 Å². The number of nitrogens with one attached hydrogen (secondary N) is 1. The monoisotopic (exact) mass is 852 g/mol. The Balaban J connectivity index is 0.000000141. The molecule has 9 heterocycles. The molecular formula is C42H41ClN8O2S4. The Morgan fingerprint density at radius 3 is 1.72 bits per heavy atom. The van der Waals surface area contributed by atoms with E-state index in [0.29, 0.717) is 25.0 Å². The third kappa shape index (κ3) is 6.81. The van der Waals surface area contributed by atoms with Crippen LogP contribution in [0.1, 0.15) is 62.0 Å². The normalized spacial score (nSPS) is 15.5. The number of ether oxygens (including phenoxy) is 2. The average Bonchev–Trinajstić information content (AvgIpc) is 4.08. The van der Waals surface area contributed by atoms with E-state index in [0.717, 1.165) is 93.3 Å². The topological polar surface area (TPSA) is 111 Å². The van der Waals surface area contributed by atoms with E-state index in [1.807, 2.05) is 13.8 Å². The Morgan fingerprint density at radius 2 is 1.19 bits per heavy atom. The lowest BCUT2D eigenvalue weighted by Gasteiger charge is -2.27. The maximum atomic E-state index is 6.22. The fourth-order valence-electron chi connectivity index (χ4n) is 8.42. The largest absolute Gasteiger partial charge is 0.477 e. The summed E-state index contributed by atoms with van der Waals surface area (Å²) < 4.78 is 13.7. The van der Waals surface area contributed by atoms with Gasteiger partial charge >= 0.3 is 0 Å². The van der Waals surface area contributed by atoms with E-state index in [4.69, 9.17) is 41.0 Å². The number of pyridine rings is 2. The molecule has 11 rings (SSSR count). The molecule has 1 aliphatic heterocycles. The zero-order chi connectivity index (χ0) is 38.5. The molecule has 1 fully saturated rings. The van der Waals surface area contributed by atoms with Crippen LogP contribution in [0.5, 0.6) is 11.8 Å². The minimum absolute atomic E-state index is 0.218. The van der Waals surface area contributed by atoms with E-state index >= 15 is 0 Å². The van der Waals surface area contributed by atoms with Gasteiger partial charge in [0.05, 0.1) is 13.2 Å². The summed E-state index contributed by atoms with van der Waals surface area (Å²) in [5, 5.41) is 10.2. The number of hydrogen-bond acceptors (Lipinski definition) is 14. The van der Waals surface area contributed by atoms with Crippen molar-refractivity contribution < 1.29 is 9.47 Å². The van der Waals surface area contributed by atoms with Gasteiger partial charge in [-0.25, -0.2) is 19.9 Å². The van der Waals surface area contributed by atoms with Crippen LogP contribution in [0.25, 0.3) is 61.7 Å². The molecule has 10 nitrogen and oxygen atoms in total. The summed E-state index contributed by atoms with van der Waals surface area (Å²) in [4.78, 5) is 35.9. The number of thiophene rings is 4. The Hall–Kier alpha value is -4.05. The molecule has 15 heteroatoms. The van der Waals surface area contributed by atoms with Gasteiger partial charge in [0.2, 0.25) is 23.0 Å². The second-order valence-electron chi connectivity index (χ2n) is 14.3. The van der Waals surface area contributed by atoms with Crippen molar-refractivity contribution >= 4 is 104 Å². The van der Waals surface area contributed by atoms with Crippen molar-refractivity contribution in [1.82, 2.24) is 35.2 Å². The maximum Gasteiger partial charge on any atom is 0.236 e. The summed E-state index contributed by atoms with van der Waals surface area (Å²) in [6, 6.07) is 8.66. The van der Waals surface area contributed by atoms with Crippen LogP contribution in [0.15, 0.2) is 35.0 Å². The summed E-state index contributed by atoms with van der Waals surface area (Å²) in [6.07, 6.45) is 9.13. The summed E-state index contributed by atoms with van der Waals surface area (Å²) >= 11 is 13.1. The van der Waals surface area contributed by atoms with Gasteiger partial charge in [0, 0.05) is 69.2 Å². The highest BCUT2D eigenvalue weighted by Gasteiger charge is 2.28. The SMILES string of the molecule is CCOc1nc(Cl)nc2c1sc1nc3c(c(-c4cccs4)c12)CCCC3.CCOc1nc(N2CCNCC2)nc2c1sc1nc3c(c(-c4cccs4)c12)CCCC3. The van der Waals surface area contributed by atoms with Gasteiger partial charge in [0.1, 0.15) is 30.1 Å². The van der Waals surface area contributed by atoms with Crippen LogP contribution in [0.2, 0.25) is 5.28 Å². The van der Waals surface area contributed by atoms with Gasteiger partial charge in [-0.3, -0.25) is 0 Å². The number of rotatable bonds is 7. The average molecular weight is 854 g/mol. The lowest BCUT2D eigenvalue weighted by Crippen LogP contribution is -2.44. The molecule has 0 radical (unpaired) electrons. The molecule has 0 unspecified atom stereocenters. The molecule has 2 aliphatic carbocycles. The molecule has 57 heavy (non-hydrogen) atoms. The predicted octanol–water partition coefficient (Wildman–Crippen LogP) is 10.6. The quantitative estimate of drug-likeness (QED) is 0.156. The second-order valence-corrected chi connectivity index (χ2v) is 18.6. The van der Waals surface area contributed by atoms with Gasteiger partial charge in [-0.05, 0) is 111 Å². The zero-order valence-electron chi connectivity index (χ0n) is 31.8. The van der Waals surface area contributed by atoms with Gasteiger partial charge < -0.3 is 19.7 Å². The molecule has 8 aromatic heterocycles. The first-order valence-corrected chi connectivity index (χ1v) is 23.6. The number of nitrogens with zero attached hydrogens (tertiary/aromatic N) is 7. The number of aryl methyl sites for hydroxylation is 2. The standard InChI is InChI=1S/C23H25N5OS2.C19H16ClN3OS2/c1-2-29-21-20-19(26-23(27-21)28-11-9-24-10-12-28)18-17(16-8-5-13-30-16)14-6-3-4-7-15(14)25-22(18)31-20;1-2-24-17-16-15(22-19(20)23-17)14-13(12-8-5-9-25-12)10-6-3-4-7-11(10)21-18(14)26-16/h5,8,13,24H,2-4,6-7,9-12H2,1H3;5,8-9H,2-4,6-7H2,1H3. The van der Waals surface area contributed by atoms with Gasteiger partial charge in [-0.15, -0.1) is 45.3 Å². The molecule has 0 spiro atoms. The molecule has 0 atom stereocenters. The number of fused-ring (bicyclic) bond motifs is 8. The molecule has 1 N–H and O–H groups in total. The fourth-order valence-corrected chi connectivity index (χ4v) is 12.4. The van der Waals surface area contributed by atoms with Crippen LogP contribution in [-0.2, 0) is 25.7 Å². The molecule has 0 bridgehead atoms. The van der Waals surface area contributed by atoms with E-state index in [-0.39, 0.29) is 5.28 Å². The molecule has 0 saturated carbocycles. The smallest absolute Gasteiger partial charge is 0.236 e. The van der Waals surface area contributed by atoms with Gasteiger partial charge in [0.25, 0.3) is 0 Å². The summed E-state index contributed by atoms with van der Waals surface area (Å²) in [6.45, 7) is 8.80. The van der Waals surface area contributed by atoms with Crippen LogP contribution >= 0.6 is 56.9 Å². The summed E-state index contributed by atoms with van der Waals surface area (Å²) in [5.41, 5.74) is 9.77. The first kappa shape index (κ1) is 37.2. The number of halogens is 1. The Kier molecular flexibility index (Phi) is 10.4. The fraction of sp³-hybridized carbons (Fsp3) is 0.381. The minimum Gasteiger partial charge on any atom is -0.477 e. The molecule has 3 aliphatic rings. The van der Waals surface area contributed by atoms with Crippen LogP contribution in [0.3, 0.4) is 0 Å². The van der Waals surface area contributed by atoms with Crippen molar-refractivity contribution in [2.45, 2.75) is 65.2 Å². The molecule has 0 amide bonds. The minimum atomic E-state index is 0.218. The molecule has 292 valence electrons. The third-order valence-electron chi connectivity index (χ3n) is 10.9. The lowest BCUT2D eigenvalue weighted by atomic mass is 9.90. The van der Waals surface area contributed by atoms with E-state index in [1.54, 1.807) is 45.3 Å². The summed E-state index contributed by atoms with van der Waals surface area (Å²) in [7, 11) is 0. The Labute approximate surface area is 351 Å². The first-order chi connectivity index (χ1) is 28.1. The maximum absolute atomic E-state index is 6.22. The van der Waals surface area contributed by atoms with Crippen LogP contribution in [0, 0.1) is 0 Å². The number of hydrogen-bond donors (Lipinski definition) is 1. The van der Waals surface area contributed by atoms with E-state index in [1.165, 1.54) is 74.5 Å². The molecule has 8 aromatic rings. The number of piperazine rings is 1. The lowest BCUT2D eigenvalue weighted by molar-refractivity contribution is 0.331. The van der Waals surface area contributed by atoms with Crippen molar-refractivity contribution in [3.63, 3.8) is 0 Å². The molecular weight excluding hydrogens is 812 g/mol. The Bertz CT molecular complexity index is 2740. The van der Waals surface area contributed by atoms with Crippen LogP contribution < -0.4 is 19.7 Å². The predicted molar refractivity (Wildman–Crippen MR) is 238 cm³/mol. The van der Waals surface area contributed by atoms with E-state index in [9.17, 15) is 0 Å². The highest BCUT2D eigenvalue weighted by molar-refractivity contribution is 7.26. The second kappa shape index (κ2) is 16.0. The first-order valence-electron chi connectivity index (χ1n) is 19.9. The third-order valence-corrected chi connectivity index (χ3v) is 14.9. The number of aromatic nitrogens is 6. The van der Waals surface area contributed by atoms with Crippen molar-refractivity contribution in [2.75, 3.05) is 44.3 Å². The highest BCUT2D eigenvalue weighted by Crippen LogP contribution is 2.48. The van der Waals surface area contributed by atoms with Crippen molar-refractivity contribution in [1.29, 1.82) is 0 Å². The van der Waals surface area contributed by atoms with Crippen molar-refractivity contribution in [3.8, 4) is 32.6 Å². The van der Waals surface area contributed by atoms with Gasteiger partial charge in [-0.1, -0.05) is 12.1 Å².